The molecule has 0 saturated heterocycles. The van der Waals surface area contributed by atoms with Crippen LogP contribution < -0.4 is 14.8 Å². The Kier molecular flexibility index (Phi) is 4.82. The van der Waals surface area contributed by atoms with E-state index in [1.807, 2.05) is 42.5 Å². The van der Waals surface area contributed by atoms with E-state index in [0.29, 0.717) is 17.0 Å². The van der Waals surface area contributed by atoms with Crippen LogP contribution >= 0.6 is 0 Å². The van der Waals surface area contributed by atoms with Gasteiger partial charge in [-0.2, -0.15) is 5.26 Å². The maximum Gasteiger partial charge on any atom is 0.262 e. The molecule has 0 unspecified atom stereocenters. The number of rotatable bonds is 5. The van der Waals surface area contributed by atoms with E-state index in [0.717, 1.165) is 16.5 Å². The molecule has 3 aromatic carbocycles. The molecule has 3 aromatic rings. The number of hydrogen-bond acceptors (Lipinski definition) is 4. The van der Waals surface area contributed by atoms with Gasteiger partial charge in [0.05, 0.1) is 18.7 Å². The molecule has 3 rings (SSSR count). The minimum absolute atomic E-state index is 0.102. The molecule has 1 N–H and O–H groups in total. The van der Waals surface area contributed by atoms with Crippen molar-refractivity contribution in [2.75, 3.05) is 19.0 Å². The largest absolute Gasteiger partial charge is 0.497 e. The van der Waals surface area contributed by atoms with E-state index in [1.165, 1.54) is 0 Å². The Morgan fingerprint density at radius 3 is 2.36 bits per heavy atom. The third kappa shape index (κ3) is 4.06. The van der Waals surface area contributed by atoms with Crippen molar-refractivity contribution in [1.29, 1.82) is 5.26 Å². The molecular weight excluding hydrogens is 316 g/mol. The Hall–Kier alpha value is -3.52. The molecule has 0 saturated carbocycles. The van der Waals surface area contributed by atoms with Gasteiger partial charge in [-0.3, -0.25) is 4.79 Å². The average Bonchev–Trinajstić information content (AvgIpc) is 2.66. The fourth-order valence-electron chi connectivity index (χ4n) is 2.39. The normalized spacial score (nSPS) is 10.1. The molecule has 0 heterocycles. The summed E-state index contributed by atoms with van der Waals surface area (Å²) in [6.07, 6.45) is 0. The van der Waals surface area contributed by atoms with Crippen molar-refractivity contribution in [2.45, 2.75) is 0 Å². The van der Waals surface area contributed by atoms with E-state index in [4.69, 9.17) is 14.7 Å². The van der Waals surface area contributed by atoms with Gasteiger partial charge in [0.2, 0.25) is 0 Å². The lowest BCUT2D eigenvalue weighted by atomic mass is 10.1. The van der Waals surface area contributed by atoms with E-state index >= 15 is 0 Å². The second-order valence-corrected chi connectivity index (χ2v) is 5.40. The monoisotopic (exact) mass is 332 g/mol. The maximum absolute atomic E-state index is 12.0. The van der Waals surface area contributed by atoms with Crippen LogP contribution in [-0.2, 0) is 4.79 Å². The number of methoxy groups -OCH3 is 1. The van der Waals surface area contributed by atoms with Crippen molar-refractivity contribution in [3.05, 3.63) is 66.2 Å². The first-order valence-corrected chi connectivity index (χ1v) is 7.68. The van der Waals surface area contributed by atoms with Gasteiger partial charge < -0.3 is 14.8 Å². The molecule has 25 heavy (non-hydrogen) atoms. The SMILES string of the molecule is COc1ccc2ccc(OCC(=O)Nc3ccc(C#N)cc3)cc2c1. The first kappa shape index (κ1) is 16.3. The number of nitriles is 1. The van der Waals surface area contributed by atoms with Crippen molar-refractivity contribution in [3.63, 3.8) is 0 Å². The summed E-state index contributed by atoms with van der Waals surface area (Å²) in [5, 5.41) is 13.5. The Balaban J connectivity index is 1.63. The summed E-state index contributed by atoms with van der Waals surface area (Å²) in [4.78, 5) is 12.0. The van der Waals surface area contributed by atoms with Gasteiger partial charge in [0.25, 0.3) is 5.91 Å². The highest BCUT2D eigenvalue weighted by molar-refractivity contribution is 5.92. The number of amides is 1. The van der Waals surface area contributed by atoms with E-state index in [9.17, 15) is 4.79 Å². The second kappa shape index (κ2) is 7.37. The maximum atomic E-state index is 12.0. The highest BCUT2D eigenvalue weighted by atomic mass is 16.5. The summed E-state index contributed by atoms with van der Waals surface area (Å²) in [5.41, 5.74) is 1.16. The van der Waals surface area contributed by atoms with Gasteiger partial charge in [0, 0.05) is 5.69 Å². The summed E-state index contributed by atoms with van der Waals surface area (Å²) >= 11 is 0. The molecule has 0 spiro atoms. The highest BCUT2D eigenvalue weighted by Crippen LogP contribution is 2.25. The minimum Gasteiger partial charge on any atom is -0.497 e. The van der Waals surface area contributed by atoms with Gasteiger partial charge in [-0.1, -0.05) is 12.1 Å². The van der Waals surface area contributed by atoms with Crippen molar-refractivity contribution in [1.82, 2.24) is 0 Å². The quantitative estimate of drug-likeness (QED) is 0.772. The van der Waals surface area contributed by atoms with Crippen LogP contribution in [0.3, 0.4) is 0 Å². The van der Waals surface area contributed by atoms with Gasteiger partial charge in [-0.25, -0.2) is 0 Å². The number of carbonyl (C=O) groups is 1. The van der Waals surface area contributed by atoms with Crippen LogP contribution in [0.5, 0.6) is 11.5 Å². The van der Waals surface area contributed by atoms with Gasteiger partial charge in [0.15, 0.2) is 6.61 Å². The summed E-state index contributed by atoms with van der Waals surface area (Å²) in [6, 6.07) is 20.1. The number of fused-ring (bicyclic) bond motifs is 1. The third-order valence-electron chi connectivity index (χ3n) is 3.69. The smallest absolute Gasteiger partial charge is 0.262 e. The predicted octanol–water partition coefficient (Wildman–Crippen LogP) is 3.74. The van der Waals surface area contributed by atoms with E-state index in [2.05, 4.69) is 5.32 Å². The van der Waals surface area contributed by atoms with Crippen molar-refractivity contribution >= 4 is 22.4 Å². The molecule has 1 amide bonds. The minimum atomic E-state index is -0.268. The molecule has 0 radical (unpaired) electrons. The zero-order valence-electron chi connectivity index (χ0n) is 13.7. The van der Waals surface area contributed by atoms with Gasteiger partial charge in [-0.15, -0.1) is 0 Å². The summed E-state index contributed by atoms with van der Waals surface area (Å²) < 4.78 is 10.8. The number of anilines is 1. The first-order chi connectivity index (χ1) is 12.2. The lowest BCUT2D eigenvalue weighted by Crippen LogP contribution is -2.20. The Labute approximate surface area is 145 Å². The lowest BCUT2D eigenvalue weighted by Gasteiger charge is -2.09. The van der Waals surface area contributed by atoms with Crippen LogP contribution in [-0.4, -0.2) is 19.6 Å². The molecule has 0 fully saturated rings. The molecule has 0 aliphatic carbocycles. The van der Waals surface area contributed by atoms with Crippen LogP contribution in [0.4, 0.5) is 5.69 Å². The van der Waals surface area contributed by atoms with Crippen LogP contribution in [0.15, 0.2) is 60.7 Å². The molecule has 0 aromatic heterocycles. The second-order valence-electron chi connectivity index (χ2n) is 5.40. The molecular formula is C20H16N2O3. The van der Waals surface area contributed by atoms with Crippen LogP contribution in [0.25, 0.3) is 10.8 Å². The Bertz CT molecular complexity index is 943. The number of nitrogens with one attached hydrogen (secondary N) is 1. The van der Waals surface area contributed by atoms with Crippen molar-refractivity contribution in [3.8, 4) is 17.6 Å². The molecule has 0 aliphatic rings. The topological polar surface area (TPSA) is 71.3 Å². The first-order valence-electron chi connectivity index (χ1n) is 7.68. The average molecular weight is 332 g/mol. The number of carbonyl (C=O) groups excluding carboxylic acids is 1. The van der Waals surface area contributed by atoms with Crippen LogP contribution in [0.1, 0.15) is 5.56 Å². The van der Waals surface area contributed by atoms with Gasteiger partial charge in [0.1, 0.15) is 11.5 Å². The van der Waals surface area contributed by atoms with Crippen molar-refractivity contribution in [2.24, 2.45) is 0 Å². The fourth-order valence-corrected chi connectivity index (χ4v) is 2.39. The van der Waals surface area contributed by atoms with E-state index in [1.54, 1.807) is 31.4 Å². The lowest BCUT2D eigenvalue weighted by molar-refractivity contribution is -0.118. The number of hydrogen-bond donors (Lipinski definition) is 1. The van der Waals surface area contributed by atoms with Gasteiger partial charge >= 0.3 is 0 Å². The highest BCUT2D eigenvalue weighted by Gasteiger charge is 2.05. The Morgan fingerprint density at radius 2 is 1.68 bits per heavy atom. The molecule has 0 atom stereocenters. The predicted molar refractivity (Wildman–Crippen MR) is 95.8 cm³/mol. The number of ether oxygens (including phenoxy) is 2. The molecule has 0 bridgehead atoms. The molecule has 124 valence electrons. The van der Waals surface area contributed by atoms with E-state index in [-0.39, 0.29) is 12.5 Å². The number of benzene rings is 3. The number of nitrogens with zero attached hydrogens (tertiary/aromatic N) is 1. The fraction of sp³-hybridized carbons (Fsp3) is 0.100. The van der Waals surface area contributed by atoms with Crippen LogP contribution in [0.2, 0.25) is 0 Å². The molecule has 5 heteroatoms. The summed E-state index contributed by atoms with van der Waals surface area (Å²) in [6.45, 7) is -0.102. The standard InChI is InChI=1S/C20H16N2O3/c1-24-18-8-4-15-5-9-19(11-16(15)10-18)25-13-20(23)22-17-6-2-14(12-21)3-7-17/h2-11H,13H2,1H3,(H,22,23). The van der Waals surface area contributed by atoms with E-state index < -0.39 is 0 Å². The zero-order chi connectivity index (χ0) is 17.6. The van der Waals surface area contributed by atoms with Crippen molar-refractivity contribution < 1.29 is 14.3 Å². The zero-order valence-corrected chi connectivity index (χ0v) is 13.7. The molecule has 0 aliphatic heterocycles. The van der Waals surface area contributed by atoms with Crippen LogP contribution in [0, 0.1) is 11.3 Å². The summed E-state index contributed by atoms with van der Waals surface area (Å²) in [5.74, 6) is 1.11. The Morgan fingerprint density at radius 1 is 1.00 bits per heavy atom. The van der Waals surface area contributed by atoms with Gasteiger partial charge in [-0.05, 0) is 59.3 Å². The summed E-state index contributed by atoms with van der Waals surface area (Å²) in [7, 11) is 1.62. The third-order valence-corrected chi connectivity index (χ3v) is 3.69. The molecule has 5 nitrogen and oxygen atoms in total.